The topological polar surface area (TPSA) is 69.6 Å². The maximum absolute atomic E-state index is 5.67. The van der Waals surface area contributed by atoms with Gasteiger partial charge in [-0.05, 0) is 30.7 Å². The Balaban J connectivity index is 2.21. The molecule has 0 spiro atoms. The second-order valence-corrected chi connectivity index (χ2v) is 4.67. The van der Waals surface area contributed by atoms with Gasteiger partial charge < -0.3 is 10.3 Å². The van der Waals surface area contributed by atoms with Crippen LogP contribution in [0.2, 0.25) is 0 Å². The van der Waals surface area contributed by atoms with E-state index in [0.717, 1.165) is 41.2 Å². The molecule has 102 valence electrons. The fourth-order valence-corrected chi connectivity index (χ4v) is 2.34. The Morgan fingerprint density at radius 1 is 1.20 bits per heavy atom. The van der Waals surface area contributed by atoms with E-state index in [1.165, 1.54) is 0 Å². The Bertz CT molecular complexity index is 732. The summed E-state index contributed by atoms with van der Waals surface area (Å²) in [6.07, 6.45) is 4.61. The molecule has 0 saturated carbocycles. The number of fused-ring (bicyclic) bond motifs is 1. The van der Waals surface area contributed by atoms with Crippen molar-refractivity contribution >= 4 is 11.2 Å². The standard InChI is InChI=1S/C15H17N5/c1-2-8-20-14(11-5-7-17-12(9-11)10-16)19-13-4-3-6-18-15(13)20/h3-7,9H,2,8,10,16H2,1H3. The van der Waals surface area contributed by atoms with Gasteiger partial charge in [-0.15, -0.1) is 0 Å². The van der Waals surface area contributed by atoms with E-state index >= 15 is 0 Å². The van der Waals surface area contributed by atoms with Crippen LogP contribution in [0.4, 0.5) is 0 Å². The predicted molar refractivity (Wildman–Crippen MR) is 78.9 cm³/mol. The number of nitrogens with zero attached hydrogens (tertiary/aromatic N) is 4. The minimum absolute atomic E-state index is 0.431. The third kappa shape index (κ3) is 2.16. The summed E-state index contributed by atoms with van der Waals surface area (Å²) < 4.78 is 2.16. The van der Waals surface area contributed by atoms with Crippen LogP contribution in [0.5, 0.6) is 0 Å². The molecule has 5 heteroatoms. The second-order valence-electron chi connectivity index (χ2n) is 4.67. The first-order chi connectivity index (χ1) is 9.83. The molecule has 0 bridgehead atoms. The Kier molecular flexibility index (Phi) is 3.43. The summed E-state index contributed by atoms with van der Waals surface area (Å²) in [7, 11) is 0. The van der Waals surface area contributed by atoms with Crippen molar-refractivity contribution in [2.24, 2.45) is 5.73 Å². The SMILES string of the molecule is CCCn1c(-c2ccnc(CN)c2)nc2cccnc21. The van der Waals surface area contributed by atoms with Crippen molar-refractivity contribution in [2.75, 3.05) is 0 Å². The number of hydrogen-bond donors (Lipinski definition) is 1. The molecule has 3 aromatic heterocycles. The molecular weight excluding hydrogens is 250 g/mol. The zero-order chi connectivity index (χ0) is 13.9. The van der Waals surface area contributed by atoms with E-state index in [4.69, 9.17) is 10.7 Å². The molecule has 3 aromatic rings. The van der Waals surface area contributed by atoms with Gasteiger partial charge in [0.05, 0.1) is 5.69 Å². The molecule has 0 aliphatic carbocycles. The maximum atomic E-state index is 5.67. The van der Waals surface area contributed by atoms with E-state index in [9.17, 15) is 0 Å². The maximum Gasteiger partial charge on any atom is 0.160 e. The highest BCUT2D eigenvalue weighted by molar-refractivity contribution is 5.77. The van der Waals surface area contributed by atoms with Crippen LogP contribution in [-0.4, -0.2) is 19.5 Å². The highest BCUT2D eigenvalue weighted by Crippen LogP contribution is 2.24. The van der Waals surface area contributed by atoms with Crippen molar-refractivity contribution in [3.05, 3.63) is 42.4 Å². The molecule has 0 amide bonds. The number of aryl methyl sites for hydroxylation is 1. The Labute approximate surface area is 117 Å². The van der Waals surface area contributed by atoms with Gasteiger partial charge in [-0.2, -0.15) is 0 Å². The van der Waals surface area contributed by atoms with Gasteiger partial charge in [0.25, 0.3) is 0 Å². The highest BCUT2D eigenvalue weighted by atomic mass is 15.1. The number of hydrogen-bond acceptors (Lipinski definition) is 4. The largest absolute Gasteiger partial charge is 0.325 e. The Hall–Kier alpha value is -2.27. The van der Waals surface area contributed by atoms with Gasteiger partial charge in [-0.1, -0.05) is 6.92 Å². The molecule has 3 rings (SSSR count). The van der Waals surface area contributed by atoms with Crippen LogP contribution < -0.4 is 5.73 Å². The third-order valence-corrected chi connectivity index (χ3v) is 3.23. The number of nitrogens with two attached hydrogens (primary N) is 1. The monoisotopic (exact) mass is 267 g/mol. The average Bonchev–Trinajstić information content (AvgIpc) is 2.87. The van der Waals surface area contributed by atoms with Crippen LogP contribution >= 0.6 is 0 Å². The lowest BCUT2D eigenvalue weighted by molar-refractivity contribution is 0.698. The van der Waals surface area contributed by atoms with Crippen LogP contribution in [0.25, 0.3) is 22.6 Å². The van der Waals surface area contributed by atoms with Crippen molar-refractivity contribution in [1.82, 2.24) is 19.5 Å². The van der Waals surface area contributed by atoms with Crippen LogP contribution in [0.1, 0.15) is 19.0 Å². The molecule has 0 atom stereocenters. The van der Waals surface area contributed by atoms with Crippen LogP contribution in [0.3, 0.4) is 0 Å². The third-order valence-electron chi connectivity index (χ3n) is 3.23. The summed E-state index contributed by atoms with van der Waals surface area (Å²) in [6.45, 7) is 3.47. The van der Waals surface area contributed by atoms with E-state index in [1.54, 1.807) is 12.4 Å². The van der Waals surface area contributed by atoms with Gasteiger partial charge in [0.15, 0.2) is 5.65 Å². The predicted octanol–water partition coefficient (Wildman–Crippen LogP) is 2.36. The van der Waals surface area contributed by atoms with E-state index in [2.05, 4.69) is 21.5 Å². The van der Waals surface area contributed by atoms with Crippen molar-refractivity contribution < 1.29 is 0 Å². The Morgan fingerprint density at radius 3 is 2.90 bits per heavy atom. The second kappa shape index (κ2) is 5.38. The van der Waals surface area contributed by atoms with Crippen molar-refractivity contribution in [3.63, 3.8) is 0 Å². The first-order valence-electron chi connectivity index (χ1n) is 6.80. The van der Waals surface area contributed by atoms with Crippen LogP contribution in [0, 0.1) is 0 Å². The number of rotatable bonds is 4. The molecule has 0 saturated heterocycles. The average molecular weight is 267 g/mol. The van der Waals surface area contributed by atoms with Crippen LogP contribution in [0.15, 0.2) is 36.7 Å². The lowest BCUT2D eigenvalue weighted by Gasteiger charge is -2.07. The number of imidazole rings is 1. The van der Waals surface area contributed by atoms with Gasteiger partial charge >= 0.3 is 0 Å². The normalized spacial score (nSPS) is 11.1. The first kappa shape index (κ1) is 12.7. The van der Waals surface area contributed by atoms with E-state index in [0.29, 0.717) is 6.54 Å². The minimum atomic E-state index is 0.431. The first-order valence-corrected chi connectivity index (χ1v) is 6.80. The zero-order valence-electron chi connectivity index (χ0n) is 11.5. The number of pyridine rings is 2. The van der Waals surface area contributed by atoms with E-state index in [1.807, 2.05) is 24.3 Å². The van der Waals surface area contributed by atoms with Crippen molar-refractivity contribution in [2.45, 2.75) is 26.4 Å². The Morgan fingerprint density at radius 2 is 2.10 bits per heavy atom. The van der Waals surface area contributed by atoms with E-state index in [-0.39, 0.29) is 0 Å². The van der Waals surface area contributed by atoms with Gasteiger partial charge in [0.2, 0.25) is 0 Å². The van der Waals surface area contributed by atoms with Crippen molar-refractivity contribution in [3.8, 4) is 11.4 Å². The summed E-state index contributed by atoms with van der Waals surface area (Å²) >= 11 is 0. The fourth-order valence-electron chi connectivity index (χ4n) is 2.34. The van der Waals surface area contributed by atoms with Gasteiger partial charge in [0, 0.05) is 31.0 Å². The van der Waals surface area contributed by atoms with Gasteiger partial charge in [-0.3, -0.25) is 4.98 Å². The lowest BCUT2D eigenvalue weighted by Crippen LogP contribution is -2.03. The minimum Gasteiger partial charge on any atom is -0.325 e. The summed E-state index contributed by atoms with van der Waals surface area (Å²) in [5.41, 5.74) is 9.41. The fraction of sp³-hybridized carbons (Fsp3) is 0.267. The molecule has 0 fully saturated rings. The van der Waals surface area contributed by atoms with Crippen molar-refractivity contribution in [1.29, 1.82) is 0 Å². The molecule has 20 heavy (non-hydrogen) atoms. The van der Waals surface area contributed by atoms with Crippen LogP contribution in [-0.2, 0) is 13.1 Å². The molecule has 0 aromatic carbocycles. The van der Waals surface area contributed by atoms with E-state index < -0.39 is 0 Å². The summed E-state index contributed by atoms with van der Waals surface area (Å²) in [5, 5.41) is 0. The quantitative estimate of drug-likeness (QED) is 0.787. The van der Waals surface area contributed by atoms with Gasteiger partial charge in [-0.25, -0.2) is 9.97 Å². The highest BCUT2D eigenvalue weighted by Gasteiger charge is 2.13. The summed E-state index contributed by atoms with van der Waals surface area (Å²) in [5.74, 6) is 0.928. The van der Waals surface area contributed by atoms with Gasteiger partial charge in [0.1, 0.15) is 11.3 Å². The smallest absolute Gasteiger partial charge is 0.160 e. The number of aromatic nitrogens is 4. The molecule has 3 heterocycles. The molecular formula is C15H17N5. The molecule has 2 N–H and O–H groups in total. The molecule has 0 aliphatic heterocycles. The molecule has 0 radical (unpaired) electrons. The summed E-state index contributed by atoms with van der Waals surface area (Å²) in [4.78, 5) is 13.4. The molecule has 0 aliphatic rings. The zero-order valence-corrected chi connectivity index (χ0v) is 11.5. The molecule has 0 unspecified atom stereocenters. The molecule has 5 nitrogen and oxygen atoms in total. The summed E-state index contributed by atoms with van der Waals surface area (Å²) in [6, 6.07) is 7.86. The lowest BCUT2D eigenvalue weighted by atomic mass is 10.2.